The molecule has 0 saturated carbocycles. The van der Waals surface area contributed by atoms with E-state index < -0.39 is 0 Å². The molecular weight excluding hydrogens is 228 g/mol. The van der Waals surface area contributed by atoms with Gasteiger partial charge in [-0.1, -0.05) is 0 Å². The van der Waals surface area contributed by atoms with Crippen molar-refractivity contribution in [1.82, 2.24) is 20.3 Å². The lowest BCUT2D eigenvalue weighted by molar-refractivity contribution is -0.121. The van der Waals surface area contributed by atoms with E-state index in [1.807, 2.05) is 12.1 Å². The first-order valence-electron chi connectivity index (χ1n) is 5.97. The van der Waals surface area contributed by atoms with E-state index in [-0.39, 0.29) is 5.91 Å². The number of hydrogen-bond donors (Lipinski definition) is 2. The highest BCUT2D eigenvalue weighted by Gasteiger charge is 2.02. The van der Waals surface area contributed by atoms with Gasteiger partial charge in [0.25, 0.3) is 0 Å². The molecule has 0 aliphatic carbocycles. The maximum absolute atomic E-state index is 11.6. The van der Waals surface area contributed by atoms with Crippen LogP contribution in [0.25, 0.3) is 0 Å². The van der Waals surface area contributed by atoms with Crippen molar-refractivity contribution in [3.8, 4) is 0 Å². The summed E-state index contributed by atoms with van der Waals surface area (Å²) < 4.78 is 0. The highest BCUT2D eigenvalue weighted by Crippen LogP contribution is 2.00. The number of nitrogens with one attached hydrogen (secondary N) is 2. The first kappa shape index (κ1) is 12.3. The number of pyridine rings is 1. The minimum absolute atomic E-state index is 0.0753. The fourth-order valence-corrected chi connectivity index (χ4v) is 1.65. The predicted molar refractivity (Wildman–Crippen MR) is 67.9 cm³/mol. The summed E-state index contributed by atoms with van der Waals surface area (Å²) >= 11 is 0. The van der Waals surface area contributed by atoms with Crippen LogP contribution in [-0.2, 0) is 17.6 Å². The van der Waals surface area contributed by atoms with Crippen LogP contribution in [-0.4, -0.2) is 27.4 Å². The number of amides is 1. The number of nitrogens with zero attached hydrogens (tertiary/aromatic N) is 2. The van der Waals surface area contributed by atoms with E-state index in [1.54, 1.807) is 24.9 Å². The second-order valence-electron chi connectivity index (χ2n) is 4.03. The topological polar surface area (TPSA) is 70.7 Å². The molecule has 2 aromatic rings. The van der Waals surface area contributed by atoms with Gasteiger partial charge in [-0.05, 0) is 24.1 Å². The monoisotopic (exact) mass is 244 g/mol. The normalized spacial score (nSPS) is 10.2. The number of rotatable bonds is 6. The lowest BCUT2D eigenvalue weighted by atomic mass is 10.1. The van der Waals surface area contributed by atoms with Crippen molar-refractivity contribution in [3.05, 3.63) is 48.3 Å². The zero-order chi connectivity index (χ0) is 12.6. The van der Waals surface area contributed by atoms with Crippen LogP contribution >= 0.6 is 0 Å². The van der Waals surface area contributed by atoms with Crippen LogP contribution in [0.3, 0.4) is 0 Å². The van der Waals surface area contributed by atoms with E-state index in [0.717, 1.165) is 24.1 Å². The van der Waals surface area contributed by atoms with E-state index >= 15 is 0 Å². The Morgan fingerprint density at radius 2 is 2.06 bits per heavy atom. The third kappa shape index (κ3) is 4.01. The first-order valence-corrected chi connectivity index (χ1v) is 5.97. The van der Waals surface area contributed by atoms with Crippen molar-refractivity contribution < 1.29 is 4.79 Å². The molecule has 0 bridgehead atoms. The number of aryl methyl sites for hydroxylation is 1. The van der Waals surface area contributed by atoms with E-state index in [9.17, 15) is 4.79 Å². The van der Waals surface area contributed by atoms with Crippen molar-refractivity contribution in [2.45, 2.75) is 19.3 Å². The molecule has 2 rings (SSSR count). The molecule has 0 radical (unpaired) electrons. The molecule has 0 unspecified atom stereocenters. The second-order valence-corrected chi connectivity index (χ2v) is 4.03. The molecule has 0 aromatic carbocycles. The minimum atomic E-state index is 0.0753. The maximum Gasteiger partial charge on any atom is 0.220 e. The van der Waals surface area contributed by atoms with Gasteiger partial charge in [0.05, 0.1) is 6.33 Å². The van der Waals surface area contributed by atoms with E-state index in [1.165, 1.54) is 0 Å². The Morgan fingerprint density at radius 3 is 2.78 bits per heavy atom. The lowest BCUT2D eigenvalue weighted by Crippen LogP contribution is -2.25. The number of aromatic amines is 1. The Hall–Kier alpha value is -2.17. The fourth-order valence-electron chi connectivity index (χ4n) is 1.65. The van der Waals surface area contributed by atoms with Gasteiger partial charge in [0.15, 0.2) is 0 Å². The Morgan fingerprint density at radius 1 is 1.22 bits per heavy atom. The molecule has 2 aromatic heterocycles. The van der Waals surface area contributed by atoms with Crippen LogP contribution in [0.5, 0.6) is 0 Å². The van der Waals surface area contributed by atoms with Gasteiger partial charge in [-0.2, -0.15) is 0 Å². The molecule has 2 N–H and O–H groups in total. The third-order valence-corrected chi connectivity index (χ3v) is 2.66. The van der Waals surface area contributed by atoms with Gasteiger partial charge in [-0.3, -0.25) is 9.78 Å². The van der Waals surface area contributed by atoms with Crippen LogP contribution < -0.4 is 5.32 Å². The van der Waals surface area contributed by atoms with Crippen molar-refractivity contribution in [2.75, 3.05) is 6.54 Å². The highest BCUT2D eigenvalue weighted by atomic mass is 16.1. The van der Waals surface area contributed by atoms with Crippen LogP contribution in [0.1, 0.15) is 17.7 Å². The molecule has 0 aliphatic heterocycles. The molecule has 0 saturated heterocycles. The molecule has 1 amide bonds. The van der Waals surface area contributed by atoms with Gasteiger partial charge >= 0.3 is 0 Å². The fraction of sp³-hybridized carbons (Fsp3) is 0.308. The average molecular weight is 244 g/mol. The second kappa shape index (κ2) is 6.54. The number of carbonyl (C=O) groups is 1. The Balaban J connectivity index is 1.63. The summed E-state index contributed by atoms with van der Waals surface area (Å²) in [5.41, 5.74) is 2.16. The number of hydrogen-bond acceptors (Lipinski definition) is 3. The van der Waals surface area contributed by atoms with Gasteiger partial charge in [-0.25, -0.2) is 4.98 Å². The molecule has 94 valence electrons. The van der Waals surface area contributed by atoms with Crippen LogP contribution in [0.2, 0.25) is 0 Å². The Labute approximate surface area is 106 Å². The van der Waals surface area contributed by atoms with Crippen molar-refractivity contribution in [2.24, 2.45) is 0 Å². The molecule has 5 heteroatoms. The van der Waals surface area contributed by atoms with Crippen LogP contribution in [0.4, 0.5) is 0 Å². The van der Waals surface area contributed by atoms with E-state index in [0.29, 0.717) is 13.0 Å². The molecule has 0 spiro atoms. The number of carbonyl (C=O) groups excluding carboxylic acids is 1. The van der Waals surface area contributed by atoms with Gasteiger partial charge in [0.1, 0.15) is 0 Å². The van der Waals surface area contributed by atoms with Gasteiger partial charge in [0.2, 0.25) is 5.91 Å². The van der Waals surface area contributed by atoms with Crippen LogP contribution in [0, 0.1) is 0 Å². The maximum atomic E-state index is 11.6. The Bertz CT molecular complexity index is 467. The highest BCUT2D eigenvalue weighted by molar-refractivity contribution is 5.76. The summed E-state index contributed by atoms with van der Waals surface area (Å²) in [5.74, 6) is 0.0753. The summed E-state index contributed by atoms with van der Waals surface area (Å²) in [6.07, 6.45) is 8.92. The third-order valence-electron chi connectivity index (χ3n) is 2.66. The van der Waals surface area contributed by atoms with Crippen LogP contribution in [0.15, 0.2) is 37.1 Å². The molecule has 0 fully saturated rings. The van der Waals surface area contributed by atoms with Crippen molar-refractivity contribution in [3.63, 3.8) is 0 Å². The van der Waals surface area contributed by atoms with Gasteiger partial charge in [0, 0.05) is 43.7 Å². The smallest absolute Gasteiger partial charge is 0.220 e. The zero-order valence-electron chi connectivity index (χ0n) is 10.1. The number of aromatic nitrogens is 3. The van der Waals surface area contributed by atoms with Gasteiger partial charge < -0.3 is 10.3 Å². The van der Waals surface area contributed by atoms with E-state index in [2.05, 4.69) is 20.3 Å². The summed E-state index contributed by atoms with van der Waals surface area (Å²) in [6, 6.07) is 3.86. The molecule has 5 nitrogen and oxygen atoms in total. The average Bonchev–Trinajstić information content (AvgIpc) is 2.91. The molecular formula is C13H16N4O. The Kier molecular flexibility index (Phi) is 4.46. The zero-order valence-corrected chi connectivity index (χ0v) is 10.1. The predicted octanol–water partition coefficient (Wildman–Crippen LogP) is 1.10. The lowest BCUT2D eigenvalue weighted by Gasteiger charge is -2.04. The SMILES string of the molecule is O=C(CCc1ccncc1)NCCc1cnc[nH]1. The summed E-state index contributed by atoms with van der Waals surface area (Å²) in [6.45, 7) is 0.636. The summed E-state index contributed by atoms with van der Waals surface area (Å²) in [7, 11) is 0. The molecule has 2 heterocycles. The quantitative estimate of drug-likeness (QED) is 0.799. The summed E-state index contributed by atoms with van der Waals surface area (Å²) in [5, 5.41) is 2.89. The minimum Gasteiger partial charge on any atom is -0.356 e. The first-order chi connectivity index (χ1) is 8.84. The molecule has 18 heavy (non-hydrogen) atoms. The van der Waals surface area contributed by atoms with Crippen molar-refractivity contribution >= 4 is 5.91 Å². The van der Waals surface area contributed by atoms with Crippen molar-refractivity contribution in [1.29, 1.82) is 0 Å². The number of H-pyrrole nitrogens is 1. The number of imidazole rings is 1. The molecule has 0 aliphatic rings. The largest absolute Gasteiger partial charge is 0.356 e. The van der Waals surface area contributed by atoms with Gasteiger partial charge in [-0.15, -0.1) is 0 Å². The van der Waals surface area contributed by atoms with E-state index in [4.69, 9.17) is 0 Å². The summed E-state index contributed by atoms with van der Waals surface area (Å²) in [4.78, 5) is 22.5. The standard InChI is InChI=1S/C13H16N4O/c18-13(2-1-11-3-6-14-7-4-11)16-8-5-12-9-15-10-17-12/h3-4,6-7,9-10H,1-2,5,8H2,(H,15,17)(H,16,18). The molecule has 0 atom stereocenters.